The number of aliphatic carboxylic acids is 1. The van der Waals surface area contributed by atoms with Gasteiger partial charge in [-0.15, -0.1) is 0 Å². The quantitative estimate of drug-likeness (QED) is 0.664. The highest BCUT2D eigenvalue weighted by Crippen LogP contribution is 2.32. The summed E-state index contributed by atoms with van der Waals surface area (Å²) in [4.78, 5) is 10.8. The number of hydrogen-bond donors (Lipinski definition) is 1. The third-order valence-electron chi connectivity index (χ3n) is 4.07. The van der Waals surface area contributed by atoms with Gasteiger partial charge in [-0.1, -0.05) is 12.1 Å². The van der Waals surface area contributed by atoms with Gasteiger partial charge in [0.1, 0.15) is 11.6 Å². The molecule has 0 aliphatic heterocycles. The van der Waals surface area contributed by atoms with E-state index in [2.05, 4.69) is 5.10 Å². The third-order valence-corrected chi connectivity index (χ3v) is 4.07. The van der Waals surface area contributed by atoms with Gasteiger partial charge >= 0.3 is 12.1 Å². The molecule has 0 aliphatic rings. The summed E-state index contributed by atoms with van der Waals surface area (Å²) in [6.45, 7) is -0.225. The average Bonchev–Trinajstić information content (AvgIpc) is 2.92. The Morgan fingerprint density at radius 2 is 1.85 bits per heavy atom. The largest absolute Gasteiger partial charge is 0.481 e. The number of carboxylic acids is 1. The van der Waals surface area contributed by atoms with E-state index in [1.165, 1.54) is 12.1 Å². The van der Waals surface area contributed by atoms with Crippen molar-refractivity contribution in [2.24, 2.45) is 0 Å². The highest BCUT2D eigenvalue weighted by molar-refractivity contribution is 5.83. The summed E-state index contributed by atoms with van der Waals surface area (Å²) in [5, 5.41) is 13.4. The minimum atomic E-state index is -4.58. The molecule has 0 amide bonds. The number of fused-ring (bicyclic) bond motifs is 1. The molecule has 3 rings (SSSR count). The monoisotopic (exact) mass is 384 g/mol. The number of benzene rings is 2. The van der Waals surface area contributed by atoms with Crippen molar-refractivity contribution in [3.63, 3.8) is 0 Å². The zero-order valence-electron chi connectivity index (χ0n) is 13.7. The Kier molecular flexibility index (Phi) is 4.86. The predicted octanol–water partition coefficient (Wildman–Crippen LogP) is 4.40. The summed E-state index contributed by atoms with van der Waals surface area (Å²) >= 11 is 0. The minimum absolute atomic E-state index is 0.0100. The number of carbonyl (C=O) groups is 1. The van der Waals surface area contributed by atoms with Crippen molar-refractivity contribution in [2.45, 2.75) is 25.6 Å². The summed E-state index contributed by atoms with van der Waals surface area (Å²) < 4.78 is 67.3. The Morgan fingerprint density at radius 1 is 1.11 bits per heavy atom. The summed E-state index contributed by atoms with van der Waals surface area (Å²) in [5.74, 6) is -2.70. The van der Waals surface area contributed by atoms with Crippen LogP contribution < -0.4 is 0 Å². The van der Waals surface area contributed by atoms with Gasteiger partial charge in [0.2, 0.25) is 0 Å². The smallest absolute Gasteiger partial charge is 0.416 e. The van der Waals surface area contributed by atoms with Crippen LogP contribution in [0, 0.1) is 11.6 Å². The van der Waals surface area contributed by atoms with E-state index in [-0.39, 0.29) is 30.5 Å². The lowest BCUT2D eigenvalue weighted by Gasteiger charge is -2.09. The molecule has 4 nitrogen and oxygen atoms in total. The second-order valence-electron chi connectivity index (χ2n) is 5.96. The molecule has 27 heavy (non-hydrogen) atoms. The number of alkyl halides is 3. The lowest BCUT2D eigenvalue weighted by molar-refractivity contribution is -0.138. The van der Waals surface area contributed by atoms with Crippen molar-refractivity contribution < 1.29 is 31.9 Å². The van der Waals surface area contributed by atoms with Crippen LogP contribution in [0.5, 0.6) is 0 Å². The number of aryl methyl sites for hydroxylation is 1. The Hall–Kier alpha value is -2.97. The van der Waals surface area contributed by atoms with Crippen LogP contribution in [0.15, 0.2) is 36.4 Å². The molecule has 0 radical (unpaired) electrons. The van der Waals surface area contributed by atoms with Gasteiger partial charge in [0, 0.05) is 23.4 Å². The summed E-state index contributed by atoms with van der Waals surface area (Å²) in [7, 11) is 0. The molecule has 0 saturated heterocycles. The van der Waals surface area contributed by atoms with Gasteiger partial charge in [0.05, 0.1) is 29.7 Å². The van der Waals surface area contributed by atoms with Crippen LogP contribution in [-0.4, -0.2) is 20.9 Å². The van der Waals surface area contributed by atoms with Crippen molar-refractivity contribution in [3.05, 3.63) is 64.9 Å². The van der Waals surface area contributed by atoms with Crippen LogP contribution >= 0.6 is 0 Å². The van der Waals surface area contributed by atoms with Crippen LogP contribution in [0.3, 0.4) is 0 Å². The molecule has 1 aromatic heterocycles. The second-order valence-corrected chi connectivity index (χ2v) is 5.96. The third kappa shape index (κ3) is 4.07. The van der Waals surface area contributed by atoms with Gasteiger partial charge in [-0.2, -0.15) is 18.3 Å². The van der Waals surface area contributed by atoms with Crippen LogP contribution in [0.25, 0.3) is 10.9 Å². The molecule has 0 fully saturated rings. The SMILES string of the molecule is O=C(O)CCc1nn(Cc2ccc(F)cc2F)c2cc(C(F)(F)F)ccc12. The molecule has 0 atom stereocenters. The first kappa shape index (κ1) is 18.8. The van der Waals surface area contributed by atoms with Crippen molar-refractivity contribution in [2.75, 3.05) is 0 Å². The minimum Gasteiger partial charge on any atom is -0.481 e. The van der Waals surface area contributed by atoms with E-state index in [0.717, 1.165) is 22.9 Å². The van der Waals surface area contributed by atoms with Gasteiger partial charge < -0.3 is 5.11 Å². The molecular formula is C18H13F5N2O2. The van der Waals surface area contributed by atoms with E-state index in [0.29, 0.717) is 17.1 Å². The average molecular weight is 384 g/mol. The van der Waals surface area contributed by atoms with Crippen LogP contribution in [0.4, 0.5) is 22.0 Å². The highest BCUT2D eigenvalue weighted by Gasteiger charge is 2.31. The Bertz CT molecular complexity index is 1010. The van der Waals surface area contributed by atoms with Gasteiger partial charge in [-0.25, -0.2) is 8.78 Å². The zero-order chi connectivity index (χ0) is 19.8. The van der Waals surface area contributed by atoms with E-state index in [4.69, 9.17) is 5.11 Å². The molecule has 2 aromatic carbocycles. The first-order chi connectivity index (χ1) is 12.6. The molecule has 9 heteroatoms. The van der Waals surface area contributed by atoms with Crippen LogP contribution in [-0.2, 0) is 23.9 Å². The van der Waals surface area contributed by atoms with E-state index >= 15 is 0 Å². The lowest BCUT2D eigenvalue weighted by Crippen LogP contribution is -2.07. The van der Waals surface area contributed by atoms with Gasteiger partial charge in [-0.05, 0) is 18.2 Å². The number of nitrogens with zero attached hydrogens (tertiary/aromatic N) is 2. The fourth-order valence-corrected chi connectivity index (χ4v) is 2.76. The molecule has 0 bridgehead atoms. The van der Waals surface area contributed by atoms with E-state index in [9.17, 15) is 26.7 Å². The van der Waals surface area contributed by atoms with Crippen molar-refractivity contribution >= 4 is 16.9 Å². The maximum atomic E-state index is 13.9. The second kappa shape index (κ2) is 6.98. The molecule has 0 aliphatic carbocycles. The van der Waals surface area contributed by atoms with Crippen molar-refractivity contribution in [3.8, 4) is 0 Å². The van der Waals surface area contributed by atoms with Gasteiger partial charge in [0.25, 0.3) is 0 Å². The Labute approximate surface area is 149 Å². The maximum Gasteiger partial charge on any atom is 0.416 e. The van der Waals surface area contributed by atoms with Gasteiger partial charge in [-0.3, -0.25) is 9.48 Å². The summed E-state index contributed by atoms with van der Waals surface area (Å²) in [6, 6.07) is 5.89. The first-order valence-electron chi connectivity index (χ1n) is 7.87. The lowest BCUT2D eigenvalue weighted by atomic mass is 10.1. The molecule has 142 valence electrons. The fraction of sp³-hybridized carbons (Fsp3) is 0.222. The number of carboxylic acid groups (broad SMARTS) is 1. The van der Waals surface area contributed by atoms with Crippen LogP contribution in [0.1, 0.15) is 23.2 Å². The molecular weight excluding hydrogens is 371 g/mol. The van der Waals surface area contributed by atoms with E-state index in [1.807, 2.05) is 0 Å². The zero-order valence-corrected chi connectivity index (χ0v) is 13.7. The standard InChI is InChI=1S/C18H13F5N2O2/c19-12-3-1-10(14(20)8-12)9-25-16-7-11(18(21,22)23)2-4-13(16)15(24-25)5-6-17(26)27/h1-4,7-8H,5-6,9H2,(H,26,27). The Morgan fingerprint density at radius 3 is 2.48 bits per heavy atom. The molecule has 3 aromatic rings. The first-order valence-corrected chi connectivity index (χ1v) is 7.87. The summed E-state index contributed by atoms with van der Waals surface area (Å²) in [6.07, 6.45) is -4.82. The van der Waals surface area contributed by atoms with E-state index in [1.54, 1.807) is 0 Å². The summed E-state index contributed by atoms with van der Waals surface area (Å²) in [5.41, 5.74) is -0.471. The number of aromatic nitrogens is 2. The normalized spacial score (nSPS) is 11.9. The molecule has 0 unspecified atom stereocenters. The molecule has 0 spiro atoms. The molecule has 1 N–H and O–H groups in total. The number of rotatable bonds is 5. The van der Waals surface area contributed by atoms with E-state index < -0.39 is 29.3 Å². The topological polar surface area (TPSA) is 55.1 Å². The fourth-order valence-electron chi connectivity index (χ4n) is 2.76. The molecule has 0 saturated carbocycles. The Balaban J connectivity index is 2.09. The number of hydrogen-bond acceptors (Lipinski definition) is 2. The number of halogens is 5. The van der Waals surface area contributed by atoms with Crippen molar-refractivity contribution in [1.29, 1.82) is 0 Å². The molecule has 1 heterocycles. The predicted molar refractivity (Wildman–Crippen MR) is 86.2 cm³/mol. The highest BCUT2D eigenvalue weighted by atomic mass is 19.4. The maximum absolute atomic E-state index is 13.9. The van der Waals surface area contributed by atoms with Crippen LogP contribution in [0.2, 0.25) is 0 Å². The van der Waals surface area contributed by atoms with Crippen molar-refractivity contribution in [1.82, 2.24) is 9.78 Å². The van der Waals surface area contributed by atoms with Gasteiger partial charge in [0.15, 0.2) is 0 Å².